The molecule has 1 rings (SSSR count). The number of nitrogens with zero attached hydrogens (tertiary/aromatic N) is 1. The lowest BCUT2D eigenvalue weighted by Gasteiger charge is -2.33. The second kappa shape index (κ2) is 9.88. The molecule has 0 bridgehead atoms. The Morgan fingerprint density at radius 3 is 2.50 bits per heavy atom. The van der Waals surface area contributed by atoms with E-state index in [1.165, 1.54) is 12.8 Å². The summed E-state index contributed by atoms with van der Waals surface area (Å²) in [7, 11) is 2.18. The van der Waals surface area contributed by atoms with Gasteiger partial charge in [0.2, 0.25) is 0 Å². The van der Waals surface area contributed by atoms with E-state index in [1.54, 1.807) is 14.2 Å². The highest BCUT2D eigenvalue weighted by Crippen LogP contribution is 2.03. The minimum absolute atomic E-state index is 0.491. The zero-order valence-corrected chi connectivity index (χ0v) is 13.2. The molecule has 108 valence electrons. The van der Waals surface area contributed by atoms with Crippen LogP contribution in [0.2, 0.25) is 6.04 Å². The Bertz CT molecular complexity index is 200. The maximum absolute atomic E-state index is 5.30. The van der Waals surface area contributed by atoms with Crippen LogP contribution in [0.15, 0.2) is 0 Å². The molecule has 0 aliphatic carbocycles. The molecule has 0 amide bonds. The summed E-state index contributed by atoms with van der Waals surface area (Å²) in [6, 6.07) is 1.11. The average molecular weight is 275 g/mol. The molecule has 1 saturated heterocycles. The summed E-state index contributed by atoms with van der Waals surface area (Å²) in [6.07, 6.45) is 2.89. The van der Waals surface area contributed by atoms with Gasteiger partial charge >= 0.3 is 9.28 Å². The third-order valence-corrected chi connectivity index (χ3v) is 5.46. The molecule has 1 aliphatic rings. The van der Waals surface area contributed by atoms with Crippen molar-refractivity contribution < 1.29 is 8.85 Å². The van der Waals surface area contributed by atoms with E-state index in [-0.39, 0.29) is 0 Å². The minimum Gasteiger partial charge on any atom is -0.400 e. The first kappa shape index (κ1) is 16.1. The van der Waals surface area contributed by atoms with Crippen LogP contribution in [0.4, 0.5) is 0 Å². The maximum atomic E-state index is 5.30. The predicted octanol–water partition coefficient (Wildman–Crippen LogP) is 0.121. The molecule has 0 saturated carbocycles. The Morgan fingerprint density at radius 1 is 1.22 bits per heavy atom. The van der Waals surface area contributed by atoms with E-state index in [1.807, 2.05) is 0 Å². The molecule has 5 nitrogen and oxygen atoms in total. The van der Waals surface area contributed by atoms with E-state index in [2.05, 4.69) is 22.5 Å². The van der Waals surface area contributed by atoms with Crippen molar-refractivity contribution in [2.45, 2.75) is 32.0 Å². The van der Waals surface area contributed by atoms with Gasteiger partial charge in [0.25, 0.3) is 0 Å². The summed E-state index contributed by atoms with van der Waals surface area (Å²) in [5.74, 6) is 0. The molecule has 1 aliphatic heterocycles. The fourth-order valence-electron chi connectivity index (χ4n) is 2.28. The van der Waals surface area contributed by atoms with Crippen molar-refractivity contribution in [1.29, 1.82) is 0 Å². The van der Waals surface area contributed by atoms with Crippen LogP contribution in [-0.4, -0.2) is 67.3 Å². The first-order valence-electron chi connectivity index (χ1n) is 7.01. The highest BCUT2D eigenvalue weighted by Gasteiger charge is 2.15. The lowest BCUT2D eigenvalue weighted by Crippen LogP contribution is -2.52. The number of piperazine rings is 1. The Balaban J connectivity index is 1.99. The summed E-state index contributed by atoms with van der Waals surface area (Å²) in [4.78, 5) is 2.50. The molecule has 1 atom stereocenters. The molecule has 0 aromatic carbocycles. The molecular weight excluding hydrogens is 246 g/mol. The van der Waals surface area contributed by atoms with Gasteiger partial charge in [-0.05, 0) is 25.9 Å². The number of rotatable bonds is 9. The van der Waals surface area contributed by atoms with Gasteiger partial charge in [-0.2, -0.15) is 0 Å². The summed E-state index contributed by atoms with van der Waals surface area (Å²) >= 11 is 0. The summed E-state index contributed by atoms with van der Waals surface area (Å²) in [6.45, 7) is 7.86. The molecule has 1 unspecified atom stereocenters. The number of nitrogens with one attached hydrogen (secondary N) is 2. The second-order valence-corrected chi connectivity index (χ2v) is 7.19. The van der Waals surface area contributed by atoms with E-state index in [0.717, 1.165) is 38.8 Å². The van der Waals surface area contributed by atoms with Gasteiger partial charge in [0.15, 0.2) is 0 Å². The van der Waals surface area contributed by atoms with E-state index in [4.69, 9.17) is 8.85 Å². The third kappa shape index (κ3) is 6.26. The average Bonchev–Trinajstić information content (AvgIpc) is 2.43. The molecule has 6 heteroatoms. The maximum Gasteiger partial charge on any atom is 0.320 e. The summed E-state index contributed by atoms with van der Waals surface area (Å²) in [5, 5.41) is 6.97. The standard InChI is InChI=1S/C12H29N3O2Si/c1-12(15-9-7-13-8-10-15)14-6-4-5-11-18(16-2)17-3/h12-14,18H,4-11H2,1-3H3. The Hall–Kier alpha value is 0.0169. The van der Waals surface area contributed by atoms with Gasteiger partial charge in [-0.3, -0.25) is 4.90 Å². The third-order valence-electron chi connectivity index (χ3n) is 3.53. The van der Waals surface area contributed by atoms with E-state index >= 15 is 0 Å². The molecule has 0 aromatic rings. The second-order valence-electron chi connectivity index (χ2n) is 4.81. The molecule has 18 heavy (non-hydrogen) atoms. The van der Waals surface area contributed by atoms with Crippen LogP contribution in [0, 0.1) is 0 Å². The molecule has 0 spiro atoms. The lowest BCUT2D eigenvalue weighted by atomic mass is 10.3. The van der Waals surface area contributed by atoms with E-state index in [0.29, 0.717) is 6.17 Å². The van der Waals surface area contributed by atoms with Gasteiger partial charge in [-0.25, -0.2) is 0 Å². The van der Waals surface area contributed by atoms with Crippen molar-refractivity contribution in [2.24, 2.45) is 0 Å². The van der Waals surface area contributed by atoms with Crippen molar-refractivity contribution >= 4 is 9.28 Å². The van der Waals surface area contributed by atoms with Crippen LogP contribution in [0.3, 0.4) is 0 Å². The van der Waals surface area contributed by atoms with Gasteiger partial charge in [0, 0.05) is 40.4 Å². The summed E-state index contributed by atoms with van der Waals surface area (Å²) < 4.78 is 10.6. The fraction of sp³-hybridized carbons (Fsp3) is 1.00. The Kier molecular flexibility index (Phi) is 8.82. The van der Waals surface area contributed by atoms with Crippen molar-refractivity contribution in [2.75, 3.05) is 46.9 Å². The van der Waals surface area contributed by atoms with Gasteiger partial charge in [-0.15, -0.1) is 0 Å². The van der Waals surface area contributed by atoms with Crippen LogP contribution in [0.25, 0.3) is 0 Å². The topological polar surface area (TPSA) is 45.8 Å². The molecule has 0 aromatic heterocycles. The molecular formula is C12H29N3O2Si. The number of unbranched alkanes of at least 4 members (excludes halogenated alkanes) is 1. The SMILES string of the molecule is CO[SiH](CCCCNC(C)N1CCNCC1)OC. The van der Waals surface area contributed by atoms with Gasteiger partial charge in [0.05, 0.1) is 6.17 Å². The fourth-order valence-corrected chi connectivity index (χ4v) is 3.56. The molecule has 1 fully saturated rings. The van der Waals surface area contributed by atoms with Crippen LogP contribution in [0.1, 0.15) is 19.8 Å². The minimum atomic E-state index is -1.33. The lowest BCUT2D eigenvalue weighted by molar-refractivity contribution is 0.157. The van der Waals surface area contributed by atoms with Gasteiger partial charge < -0.3 is 19.5 Å². The largest absolute Gasteiger partial charge is 0.400 e. The van der Waals surface area contributed by atoms with Crippen molar-refractivity contribution in [3.8, 4) is 0 Å². The van der Waals surface area contributed by atoms with Gasteiger partial charge in [-0.1, -0.05) is 6.42 Å². The highest BCUT2D eigenvalue weighted by atomic mass is 28.3. The van der Waals surface area contributed by atoms with Crippen molar-refractivity contribution in [1.82, 2.24) is 15.5 Å². The van der Waals surface area contributed by atoms with Crippen molar-refractivity contribution in [3.05, 3.63) is 0 Å². The Morgan fingerprint density at radius 2 is 1.89 bits per heavy atom. The van der Waals surface area contributed by atoms with Crippen LogP contribution < -0.4 is 10.6 Å². The number of hydrogen-bond donors (Lipinski definition) is 2. The molecule has 0 radical (unpaired) electrons. The zero-order chi connectivity index (χ0) is 13.2. The normalized spacial score (nSPS) is 19.3. The Labute approximate surface area is 113 Å². The smallest absolute Gasteiger partial charge is 0.320 e. The van der Waals surface area contributed by atoms with Gasteiger partial charge in [0.1, 0.15) is 0 Å². The molecule has 1 heterocycles. The van der Waals surface area contributed by atoms with E-state index in [9.17, 15) is 0 Å². The monoisotopic (exact) mass is 275 g/mol. The van der Waals surface area contributed by atoms with Crippen LogP contribution in [0.5, 0.6) is 0 Å². The quantitative estimate of drug-likeness (QED) is 0.462. The van der Waals surface area contributed by atoms with Crippen molar-refractivity contribution in [3.63, 3.8) is 0 Å². The summed E-state index contributed by atoms with van der Waals surface area (Å²) in [5.41, 5.74) is 0. The van der Waals surface area contributed by atoms with E-state index < -0.39 is 9.28 Å². The number of hydrogen-bond acceptors (Lipinski definition) is 5. The first-order valence-corrected chi connectivity index (χ1v) is 8.77. The zero-order valence-electron chi connectivity index (χ0n) is 12.1. The van der Waals surface area contributed by atoms with Crippen LogP contribution in [-0.2, 0) is 8.85 Å². The first-order chi connectivity index (χ1) is 8.77. The van der Waals surface area contributed by atoms with Crippen LogP contribution >= 0.6 is 0 Å². The highest BCUT2D eigenvalue weighted by molar-refractivity contribution is 6.44. The molecule has 2 N–H and O–H groups in total. The predicted molar refractivity (Wildman–Crippen MR) is 77.1 cm³/mol.